The molecule has 1 fully saturated rings. The second kappa shape index (κ2) is 6.26. The summed E-state index contributed by atoms with van der Waals surface area (Å²) in [5.74, 6) is 0. The average Bonchev–Trinajstić information content (AvgIpc) is 2.94. The van der Waals surface area contributed by atoms with E-state index in [2.05, 4.69) is 4.72 Å². The van der Waals surface area contributed by atoms with Crippen LogP contribution in [0.2, 0.25) is 0 Å². The van der Waals surface area contributed by atoms with Gasteiger partial charge in [0.2, 0.25) is 10.0 Å². The highest BCUT2D eigenvalue weighted by molar-refractivity contribution is 8.00. The SMILES string of the molecule is CSC1(CNS(=O)(=O)c2ccc(C#N)cc2N)CCCC1. The molecule has 0 saturated heterocycles. The summed E-state index contributed by atoms with van der Waals surface area (Å²) in [7, 11) is -3.65. The second-order valence-corrected chi connectivity index (χ2v) is 8.29. The maximum Gasteiger partial charge on any atom is 0.242 e. The molecule has 0 bridgehead atoms. The Morgan fingerprint density at radius 1 is 1.43 bits per heavy atom. The van der Waals surface area contributed by atoms with Crippen LogP contribution >= 0.6 is 11.8 Å². The molecule has 114 valence electrons. The van der Waals surface area contributed by atoms with Crippen molar-refractivity contribution < 1.29 is 8.42 Å². The number of hydrogen-bond acceptors (Lipinski definition) is 5. The molecule has 0 radical (unpaired) electrons. The minimum absolute atomic E-state index is 0.00553. The number of thioether (sulfide) groups is 1. The highest BCUT2D eigenvalue weighted by atomic mass is 32.2. The van der Waals surface area contributed by atoms with Gasteiger partial charge in [0.1, 0.15) is 4.90 Å². The topological polar surface area (TPSA) is 96.0 Å². The van der Waals surface area contributed by atoms with E-state index in [4.69, 9.17) is 11.0 Å². The molecule has 1 saturated carbocycles. The quantitative estimate of drug-likeness (QED) is 0.808. The van der Waals surface area contributed by atoms with E-state index in [1.54, 1.807) is 11.8 Å². The smallest absolute Gasteiger partial charge is 0.242 e. The van der Waals surface area contributed by atoms with Crippen molar-refractivity contribution in [3.8, 4) is 6.07 Å². The number of nitrogen functional groups attached to an aromatic ring is 1. The monoisotopic (exact) mass is 325 g/mol. The summed E-state index contributed by atoms with van der Waals surface area (Å²) in [5.41, 5.74) is 6.21. The Hall–Kier alpha value is -1.23. The molecule has 0 spiro atoms. The zero-order chi connectivity index (χ0) is 15.5. The normalized spacial score (nSPS) is 17.5. The molecule has 0 atom stereocenters. The van der Waals surface area contributed by atoms with Crippen molar-refractivity contribution in [3.05, 3.63) is 23.8 Å². The Bertz CT molecular complexity index is 659. The van der Waals surface area contributed by atoms with Gasteiger partial charge in [0.15, 0.2) is 0 Å². The van der Waals surface area contributed by atoms with E-state index in [1.807, 2.05) is 12.3 Å². The molecule has 21 heavy (non-hydrogen) atoms. The van der Waals surface area contributed by atoms with E-state index in [0.29, 0.717) is 12.1 Å². The third kappa shape index (κ3) is 3.51. The van der Waals surface area contributed by atoms with Crippen molar-refractivity contribution in [2.24, 2.45) is 0 Å². The Labute approximate surface area is 130 Å². The van der Waals surface area contributed by atoms with Crippen LogP contribution in [0.4, 0.5) is 5.69 Å². The van der Waals surface area contributed by atoms with Crippen LogP contribution in [0.1, 0.15) is 31.2 Å². The summed E-state index contributed by atoms with van der Waals surface area (Å²) in [6.45, 7) is 0.413. The number of anilines is 1. The van der Waals surface area contributed by atoms with Crippen LogP contribution in [-0.4, -0.2) is 26.0 Å². The molecule has 0 aliphatic heterocycles. The zero-order valence-electron chi connectivity index (χ0n) is 11.9. The van der Waals surface area contributed by atoms with Gasteiger partial charge >= 0.3 is 0 Å². The fraction of sp³-hybridized carbons (Fsp3) is 0.500. The Morgan fingerprint density at radius 3 is 2.62 bits per heavy atom. The number of nitriles is 1. The van der Waals surface area contributed by atoms with Crippen molar-refractivity contribution in [1.82, 2.24) is 4.72 Å². The van der Waals surface area contributed by atoms with Crippen LogP contribution in [0.3, 0.4) is 0 Å². The predicted molar refractivity (Wildman–Crippen MR) is 85.5 cm³/mol. The summed E-state index contributed by atoms with van der Waals surface area (Å²) in [6, 6.07) is 6.17. The molecular formula is C14H19N3O2S2. The first-order chi connectivity index (χ1) is 9.92. The van der Waals surface area contributed by atoms with Gasteiger partial charge in [-0.3, -0.25) is 0 Å². The number of nitrogens with zero attached hydrogens (tertiary/aromatic N) is 1. The highest BCUT2D eigenvalue weighted by Crippen LogP contribution is 2.39. The van der Waals surface area contributed by atoms with Crippen molar-refractivity contribution >= 4 is 27.5 Å². The molecule has 3 N–H and O–H groups in total. The summed E-state index contributed by atoms with van der Waals surface area (Å²) >= 11 is 1.72. The maximum absolute atomic E-state index is 12.4. The van der Waals surface area contributed by atoms with E-state index >= 15 is 0 Å². The average molecular weight is 325 g/mol. The lowest BCUT2D eigenvalue weighted by Gasteiger charge is -2.26. The number of benzene rings is 1. The lowest BCUT2D eigenvalue weighted by atomic mass is 10.1. The van der Waals surface area contributed by atoms with Crippen molar-refractivity contribution in [3.63, 3.8) is 0 Å². The van der Waals surface area contributed by atoms with Gasteiger partial charge in [0.25, 0.3) is 0 Å². The number of rotatable bonds is 5. The summed E-state index contributed by atoms with van der Waals surface area (Å²) < 4.78 is 27.4. The lowest BCUT2D eigenvalue weighted by molar-refractivity contribution is 0.551. The molecular weight excluding hydrogens is 306 g/mol. The molecule has 0 aromatic heterocycles. The summed E-state index contributed by atoms with van der Waals surface area (Å²) in [5, 5.41) is 8.80. The van der Waals surface area contributed by atoms with Gasteiger partial charge < -0.3 is 5.73 Å². The van der Waals surface area contributed by atoms with Crippen LogP contribution < -0.4 is 10.5 Å². The van der Waals surface area contributed by atoms with E-state index in [-0.39, 0.29) is 15.3 Å². The zero-order valence-corrected chi connectivity index (χ0v) is 13.6. The minimum atomic E-state index is -3.65. The lowest BCUT2D eigenvalue weighted by Crippen LogP contribution is -2.38. The highest BCUT2D eigenvalue weighted by Gasteiger charge is 2.34. The third-order valence-corrected chi connectivity index (χ3v) is 6.85. The standard InChI is InChI=1S/C14H19N3O2S2/c1-20-14(6-2-3-7-14)10-17-21(18,19)13-5-4-11(9-15)8-12(13)16/h4-5,8,17H,2-3,6-7,10,16H2,1H3. The molecule has 2 rings (SSSR count). The van der Waals surface area contributed by atoms with Gasteiger partial charge in [-0.25, -0.2) is 13.1 Å². The Kier molecular flexibility index (Phi) is 4.81. The fourth-order valence-electron chi connectivity index (χ4n) is 2.64. The Morgan fingerprint density at radius 2 is 2.10 bits per heavy atom. The van der Waals surface area contributed by atoms with E-state index in [9.17, 15) is 8.42 Å². The summed E-state index contributed by atoms with van der Waals surface area (Å²) in [4.78, 5) is 0.0377. The van der Waals surface area contributed by atoms with Gasteiger partial charge in [-0.05, 0) is 37.3 Å². The van der Waals surface area contributed by atoms with Crippen molar-refractivity contribution in [2.45, 2.75) is 35.3 Å². The molecule has 7 heteroatoms. The van der Waals surface area contributed by atoms with Gasteiger partial charge in [0, 0.05) is 11.3 Å². The van der Waals surface area contributed by atoms with Crippen LogP contribution in [-0.2, 0) is 10.0 Å². The van der Waals surface area contributed by atoms with E-state index in [0.717, 1.165) is 25.7 Å². The van der Waals surface area contributed by atoms with Gasteiger partial charge in [-0.1, -0.05) is 12.8 Å². The first kappa shape index (κ1) is 16.1. The molecule has 0 amide bonds. The molecule has 1 aromatic rings. The van der Waals surface area contributed by atoms with Crippen LogP contribution in [0.15, 0.2) is 23.1 Å². The number of sulfonamides is 1. The third-order valence-electron chi connectivity index (χ3n) is 3.96. The van der Waals surface area contributed by atoms with Gasteiger partial charge in [0.05, 0.1) is 17.3 Å². The Balaban J connectivity index is 2.17. The van der Waals surface area contributed by atoms with Crippen LogP contribution in [0.5, 0.6) is 0 Å². The fourth-order valence-corrected chi connectivity index (χ4v) is 4.88. The minimum Gasteiger partial charge on any atom is -0.398 e. The molecule has 1 aromatic carbocycles. The summed E-state index contributed by atoms with van der Waals surface area (Å²) in [6.07, 6.45) is 6.36. The molecule has 0 heterocycles. The first-order valence-electron chi connectivity index (χ1n) is 6.77. The van der Waals surface area contributed by atoms with Crippen LogP contribution in [0.25, 0.3) is 0 Å². The molecule has 1 aliphatic rings. The predicted octanol–water partition coefficient (Wildman–Crippen LogP) is 2.09. The number of hydrogen-bond donors (Lipinski definition) is 2. The number of nitrogens with two attached hydrogens (primary N) is 1. The first-order valence-corrected chi connectivity index (χ1v) is 9.48. The molecule has 5 nitrogen and oxygen atoms in total. The van der Waals surface area contributed by atoms with Crippen molar-refractivity contribution in [1.29, 1.82) is 5.26 Å². The van der Waals surface area contributed by atoms with E-state index < -0.39 is 10.0 Å². The van der Waals surface area contributed by atoms with Crippen LogP contribution in [0, 0.1) is 11.3 Å². The van der Waals surface area contributed by atoms with E-state index in [1.165, 1.54) is 18.2 Å². The molecule has 0 unspecified atom stereocenters. The number of nitrogens with one attached hydrogen (secondary N) is 1. The van der Waals surface area contributed by atoms with Gasteiger partial charge in [-0.2, -0.15) is 17.0 Å². The second-order valence-electron chi connectivity index (χ2n) is 5.28. The molecule has 1 aliphatic carbocycles. The maximum atomic E-state index is 12.4. The largest absolute Gasteiger partial charge is 0.398 e. The van der Waals surface area contributed by atoms with Crippen molar-refractivity contribution in [2.75, 3.05) is 18.5 Å². The van der Waals surface area contributed by atoms with Gasteiger partial charge in [-0.15, -0.1) is 0 Å².